The Balaban J connectivity index is 2.11. The monoisotopic (exact) mass is 341 g/mol. The summed E-state index contributed by atoms with van der Waals surface area (Å²) in [6, 6.07) is -1.05. The molecule has 0 spiro atoms. The summed E-state index contributed by atoms with van der Waals surface area (Å²) in [5, 5.41) is 67.2. The molecule has 0 bridgehead atoms. The van der Waals surface area contributed by atoms with Crippen LogP contribution in [0.25, 0.3) is 0 Å². The van der Waals surface area contributed by atoms with Crippen LogP contribution in [0, 0.1) is 0 Å². The van der Waals surface area contributed by atoms with E-state index in [-0.39, 0.29) is 0 Å². The number of hydrogen-bond acceptors (Lipinski definition) is 11. The molecule has 10 atom stereocenters. The topological polar surface area (TPSA) is 195 Å². The molecule has 0 amide bonds. The van der Waals surface area contributed by atoms with Gasteiger partial charge in [-0.15, -0.1) is 0 Å². The normalized spacial score (nSPS) is 51.7. The highest BCUT2D eigenvalue weighted by Gasteiger charge is 2.49. The summed E-state index contributed by atoms with van der Waals surface area (Å²) >= 11 is 0. The summed E-state index contributed by atoms with van der Waals surface area (Å²) in [6.45, 7) is -1.20. The quantitative estimate of drug-likeness (QED) is 0.243. The molecule has 0 aliphatic carbocycles. The van der Waals surface area contributed by atoms with Crippen molar-refractivity contribution in [3.63, 3.8) is 0 Å². The third-order valence-corrected chi connectivity index (χ3v) is 4.07. The van der Waals surface area contributed by atoms with Gasteiger partial charge in [0.25, 0.3) is 0 Å². The van der Waals surface area contributed by atoms with E-state index < -0.39 is 74.6 Å². The van der Waals surface area contributed by atoms with Crippen molar-refractivity contribution < 1.29 is 50.0 Å². The summed E-state index contributed by atoms with van der Waals surface area (Å²) < 4.78 is 15.5. The third-order valence-electron chi connectivity index (χ3n) is 4.07. The molecule has 2 saturated heterocycles. The first kappa shape index (κ1) is 18.9. The number of ether oxygens (including phenoxy) is 3. The van der Waals surface area contributed by atoms with Crippen LogP contribution in [-0.4, -0.2) is 110 Å². The van der Waals surface area contributed by atoms with Crippen molar-refractivity contribution >= 4 is 0 Å². The molecule has 2 aliphatic heterocycles. The molecule has 0 aromatic heterocycles. The fourth-order valence-corrected chi connectivity index (χ4v) is 2.62. The minimum absolute atomic E-state index is 0.542. The number of hydrogen-bond donors (Lipinski definition) is 8. The molecule has 0 unspecified atom stereocenters. The molecule has 2 aliphatic rings. The molecule has 0 saturated carbocycles. The predicted octanol–water partition coefficient (Wildman–Crippen LogP) is -5.43. The van der Waals surface area contributed by atoms with Crippen LogP contribution in [-0.2, 0) is 14.2 Å². The fraction of sp³-hybridized carbons (Fsp3) is 1.00. The second kappa shape index (κ2) is 7.63. The molecule has 0 aromatic rings. The lowest BCUT2D eigenvalue weighted by atomic mass is 9.96. The molecule has 0 aromatic carbocycles. The Labute approximate surface area is 131 Å². The van der Waals surface area contributed by atoms with Crippen LogP contribution in [0.15, 0.2) is 0 Å². The lowest BCUT2D eigenvalue weighted by Crippen LogP contribution is -2.66. The molecule has 9 N–H and O–H groups in total. The lowest BCUT2D eigenvalue weighted by Gasteiger charge is -2.45. The zero-order valence-electron chi connectivity index (χ0n) is 12.1. The van der Waals surface area contributed by atoms with Gasteiger partial charge in [0.2, 0.25) is 0 Å². The van der Waals surface area contributed by atoms with E-state index in [9.17, 15) is 35.7 Å². The Hall–Kier alpha value is -0.440. The van der Waals surface area contributed by atoms with Gasteiger partial charge in [-0.3, -0.25) is 0 Å². The van der Waals surface area contributed by atoms with Crippen molar-refractivity contribution in [1.29, 1.82) is 0 Å². The molecule has 2 fully saturated rings. The maximum atomic E-state index is 9.97. The number of rotatable bonds is 4. The van der Waals surface area contributed by atoms with Gasteiger partial charge in [0.1, 0.15) is 42.7 Å². The molecular weight excluding hydrogens is 318 g/mol. The van der Waals surface area contributed by atoms with E-state index in [2.05, 4.69) is 0 Å². The second-order valence-electron chi connectivity index (χ2n) is 5.61. The highest BCUT2D eigenvalue weighted by atomic mass is 16.7. The fourth-order valence-electron chi connectivity index (χ4n) is 2.62. The molecule has 0 radical (unpaired) electrons. The van der Waals surface area contributed by atoms with Gasteiger partial charge in [0, 0.05) is 0 Å². The largest absolute Gasteiger partial charge is 0.394 e. The van der Waals surface area contributed by atoms with E-state index in [0.717, 1.165) is 0 Å². The minimum Gasteiger partial charge on any atom is -0.394 e. The minimum atomic E-state index is -1.72. The summed E-state index contributed by atoms with van der Waals surface area (Å²) in [5.41, 5.74) is 5.60. The molecule has 2 heterocycles. The molecule has 11 heteroatoms. The van der Waals surface area contributed by atoms with Gasteiger partial charge in [-0.05, 0) is 0 Å². The summed E-state index contributed by atoms with van der Waals surface area (Å²) in [6.07, 6.45) is -13.2. The van der Waals surface area contributed by atoms with Crippen molar-refractivity contribution in [3.05, 3.63) is 0 Å². The Morgan fingerprint density at radius 3 is 1.96 bits per heavy atom. The number of aliphatic hydroxyl groups excluding tert-OH is 7. The highest BCUT2D eigenvalue weighted by molar-refractivity contribution is 4.94. The van der Waals surface area contributed by atoms with E-state index in [1.54, 1.807) is 0 Å². The maximum Gasteiger partial charge on any atom is 0.187 e. The van der Waals surface area contributed by atoms with Crippen molar-refractivity contribution in [3.8, 4) is 0 Å². The Bertz CT molecular complexity index is 383. The zero-order chi connectivity index (χ0) is 17.3. The smallest absolute Gasteiger partial charge is 0.187 e. The number of nitrogens with two attached hydrogens (primary N) is 1. The van der Waals surface area contributed by atoms with Gasteiger partial charge in [-0.2, -0.15) is 0 Å². The standard InChI is InChI=1S/C12H23NO10/c13-5-3(1-14)22-12(9(19)6(5)16)23-10-4(2-15)21-11(20)8(18)7(10)17/h3-12,14-20H,1-2,13H2/t3-,4-,5+,6+,7-,8-,9-,10+,11-,12-/m1/s1. The highest BCUT2D eigenvalue weighted by Crippen LogP contribution is 2.27. The average molecular weight is 341 g/mol. The van der Waals surface area contributed by atoms with Gasteiger partial charge in [-0.25, -0.2) is 0 Å². The van der Waals surface area contributed by atoms with Gasteiger partial charge < -0.3 is 55.7 Å². The van der Waals surface area contributed by atoms with Crippen molar-refractivity contribution in [2.24, 2.45) is 5.73 Å². The van der Waals surface area contributed by atoms with Crippen molar-refractivity contribution in [2.75, 3.05) is 13.2 Å². The molecular formula is C12H23NO10. The Morgan fingerprint density at radius 2 is 1.39 bits per heavy atom. The SMILES string of the molecule is N[C@@H]1[C@H](O)[C@@H](O)[C@@H](O[C@@H]2[C@H](O)[C@@H](O)[C@H](O)O[C@@H]2CO)O[C@@H]1CO. The van der Waals surface area contributed by atoms with E-state index >= 15 is 0 Å². The average Bonchev–Trinajstić information content (AvgIpc) is 2.55. The van der Waals surface area contributed by atoms with Crippen molar-refractivity contribution in [1.82, 2.24) is 0 Å². The van der Waals surface area contributed by atoms with Crippen molar-refractivity contribution in [2.45, 2.75) is 61.3 Å². The van der Waals surface area contributed by atoms with Crippen LogP contribution >= 0.6 is 0 Å². The Morgan fingerprint density at radius 1 is 0.783 bits per heavy atom. The van der Waals surface area contributed by atoms with Gasteiger partial charge in [0.05, 0.1) is 19.3 Å². The first-order chi connectivity index (χ1) is 10.8. The molecule has 2 rings (SSSR count). The van der Waals surface area contributed by atoms with Crippen LogP contribution in [0.4, 0.5) is 0 Å². The van der Waals surface area contributed by atoms with Crippen LogP contribution < -0.4 is 5.73 Å². The van der Waals surface area contributed by atoms with Crippen LogP contribution in [0.1, 0.15) is 0 Å². The van der Waals surface area contributed by atoms with Gasteiger partial charge >= 0.3 is 0 Å². The second-order valence-corrected chi connectivity index (χ2v) is 5.61. The Kier molecular flexibility index (Phi) is 6.27. The maximum absolute atomic E-state index is 9.97. The molecule has 11 nitrogen and oxygen atoms in total. The van der Waals surface area contributed by atoms with E-state index in [1.807, 2.05) is 0 Å². The number of aliphatic hydroxyl groups is 7. The van der Waals surface area contributed by atoms with E-state index in [4.69, 9.17) is 19.9 Å². The third kappa shape index (κ3) is 3.65. The summed E-state index contributed by atoms with van der Waals surface area (Å²) in [4.78, 5) is 0. The van der Waals surface area contributed by atoms with Crippen LogP contribution in [0.5, 0.6) is 0 Å². The first-order valence-corrected chi connectivity index (χ1v) is 7.15. The van der Waals surface area contributed by atoms with E-state index in [1.165, 1.54) is 0 Å². The lowest BCUT2D eigenvalue weighted by molar-refractivity contribution is -0.346. The van der Waals surface area contributed by atoms with Gasteiger partial charge in [-0.1, -0.05) is 0 Å². The zero-order valence-corrected chi connectivity index (χ0v) is 12.1. The summed E-state index contributed by atoms with van der Waals surface area (Å²) in [5.74, 6) is 0. The predicted molar refractivity (Wildman–Crippen MR) is 70.6 cm³/mol. The molecule has 23 heavy (non-hydrogen) atoms. The first-order valence-electron chi connectivity index (χ1n) is 7.15. The molecule has 136 valence electrons. The van der Waals surface area contributed by atoms with Crippen LogP contribution in [0.3, 0.4) is 0 Å². The van der Waals surface area contributed by atoms with E-state index in [0.29, 0.717) is 0 Å². The summed E-state index contributed by atoms with van der Waals surface area (Å²) in [7, 11) is 0. The van der Waals surface area contributed by atoms with Gasteiger partial charge in [0.15, 0.2) is 12.6 Å². The van der Waals surface area contributed by atoms with Crippen LogP contribution in [0.2, 0.25) is 0 Å².